The summed E-state index contributed by atoms with van der Waals surface area (Å²) in [5.41, 5.74) is 9.28. The lowest BCUT2D eigenvalue weighted by Crippen LogP contribution is -2.22. The molecule has 88 valence electrons. The maximum atomic E-state index is 5.77. The molecule has 2 N–H and O–H groups in total. The van der Waals surface area contributed by atoms with Gasteiger partial charge in [0.15, 0.2) is 0 Å². The van der Waals surface area contributed by atoms with Crippen LogP contribution in [-0.2, 0) is 6.54 Å². The second-order valence-electron chi connectivity index (χ2n) is 5.02. The first-order valence-electron chi connectivity index (χ1n) is 6.02. The first-order valence-corrected chi connectivity index (χ1v) is 6.02. The van der Waals surface area contributed by atoms with E-state index in [1.54, 1.807) is 0 Å². The summed E-state index contributed by atoms with van der Waals surface area (Å²) in [7, 11) is 0. The zero-order valence-corrected chi connectivity index (χ0v) is 10.4. The average molecular weight is 219 g/mol. The molecule has 0 radical (unpaired) electrons. The van der Waals surface area contributed by atoms with E-state index in [4.69, 9.17) is 5.73 Å². The highest BCUT2D eigenvalue weighted by atomic mass is 15.2. The highest BCUT2D eigenvalue weighted by Gasteiger charge is 2.27. The van der Waals surface area contributed by atoms with Gasteiger partial charge in [0, 0.05) is 42.8 Å². The number of anilines is 1. The van der Waals surface area contributed by atoms with E-state index >= 15 is 0 Å². The van der Waals surface area contributed by atoms with Gasteiger partial charge >= 0.3 is 0 Å². The van der Waals surface area contributed by atoms with E-state index in [2.05, 4.69) is 29.8 Å². The molecule has 1 fully saturated rings. The van der Waals surface area contributed by atoms with Crippen LogP contribution in [-0.4, -0.2) is 18.1 Å². The van der Waals surface area contributed by atoms with Crippen LogP contribution in [0.2, 0.25) is 0 Å². The first-order chi connectivity index (χ1) is 7.61. The lowest BCUT2D eigenvalue weighted by atomic mass is 10.0. The van der Waals surface area contributed by atoms with Crippen molar-refractivity contribution in [1.82, 2.24) is 4.98 Å². The van der Waals surface area contributed by atoms with Crippen LogP contribution >= 0.6 is 0 Å². The molecule has 1 saturated heterocycles. The number of pyridine rings is 1. The second-order valence-corrected chi connectivity index (χ2v) is 5.02. The van der Waals surface area contributed by atoms with E-state index in [1.165, 1.54) is 5.69 Å². The summed E-state index contributed by atoms with van der Waals surface area (Å²) >= 11 is 0. The summed E-state index contributed by atoms with van der Waals surface area (Å²) in [6, 6.07) is 2.16. The van der Waals surface area contributed by atoms with Gasteiger partial charge in [0.1, 0.15) is 0 Å². The monoisotopic (exact) mass is 219 g/mol. The Kier molecular flexibility index (Phi) is 3.15. The third kappa shape index (κ3) is 2.05. The molecule has 0 aromatic carbocycles. The number of hydrogen-bond donors (Lipinski definition) is 1. The summed E-state index contributed by atoms with van der Waals surface area (Å²) in [4.78, 5) is 6.76. The smallest absolute Gasteiger partial charge is 0.0445 e. The van der Waals surface area contributed by atoms with E-state index in [-0.39, 0.29) is 0 Å². The van der Waals surface area contributed by atoms with Gasteiger partial charge in [0.25, 0.3) is 0 Å². The number of nitrogens with two attached hydrogens (primary N) is 1. The first kappa shape index (κ1) is 11.4. The molecule has 0 amide bonds. The number of rotatable bonds is 2. The Morgan fingerprint density at radius 3 is 2.56 bits per heavy atom. The molecule has 2 atom stereocenters. The second kappa shape index (κ2) is 4.42. The minimum absolute atomic E-state index is 0.571. The van der Waals surface area contributed by atoms with Crippen LogP contribution in [0.1, 0.15) is 25.1 Å². The van der Waals surface area contributed by atoms with Gasteiger partial charge in [0.05, 0.1) is 0 Å². The highest BCUT2D eigenvalue weighted by Crippen LogP contribution is 2.30. The molecule has 0 saturated carbocycles. The zero-order valence-electron chi connectivity index (χ0n) is 10.4. The molecule has 3 nitrogen and oxygen atoms in total. The molecule has 1 aromatic rings. The fraction of sp³-hybridized carbons (Fsp3) is 0.615. The van der Waals surface area contributed by atoms with Crippen molar-refractivity contribution in [3.63, 3.8) is 0 Å². The largest absolute Gasteiger partial charge is 0.371 e. The minimum Gasteiger partial charge on any atom is -0.371 e. The molecular weight excluding hydrogens is 198 g/mol. The molecule has 2 heterocycles. The van der Waals surface area contributed by atoms with E-state index in [0.29, 0.717) is 6.54 Å². The van der Waals surface area contributed by atoms with Crippen LogP contribution in [0.5, 0.6) is 0 Å². The highest BCUT2D eigenvalue weighted by molar-refractivity contribution is 5.54. The molecule has 0 aliphatic carbocycles. The predicted molar refractivity (Wildman–Crippen MR) is 67.4 cm³/mol. The van der Waals surface area contributed by atoms with Gasteiger partial charge in [0.2, 0.25) is 0 Å². The van der Waals surface area contributed by atoms with Gasteiger partial charge in [-0.15, -0.1) is 0 Å². The third-order valence-corrected chi connectivity index (χ3v) is 3.65. The quantitative estimate of drug-likeness (QED) is 0.826. The Bertz CT molecular complexity index is 365. The molecule has 0 spiro atoms. The van der Waals surface area contributed by atoms with Gasteiger partial charge in [-0.3, -0.25) is 4.98 Å². The summed E-state index contributed by atoms with van der Waals surface area (Å²) < 4.78 is 0. The summed E-state index contributed by atoms with van der Waals surface area (Å²) in [6.45, 7) is 9.52. The Morgan fingerprint density at radius 1 is 1.38 bits per heavy atom. The molecule has 1 aromatic heterocycles. The molecule has 16 heavy (non-hydrogen) atoms. The predicted octanol–water partition coefficient (Wildman–Crippen LogP) is 1.94. The van der Waals surface area contributed by atoms with E-state index in [0.717, 1.165) is 36.2 Å². The van der Waals surface area contributed by atoms with Gasteiger partial charge in [-0.2, -0.15) is 0 Å². The van der Waals surface area contributed by atoms with E-state index < -0.39 is 0 Å². The maximum Gasteiger partial charge on any atom is 0.0445 e. The molecule has 3 heteroatoms. The molecule has 0 bridgehead atoms. The van der Waals surface area contributed by atoms with E-state index in [9.17, 15) is 0 Å². The van der Waals surface area contributed by atoms with Gasteiger partial charge in [-0.1, -0.05) is 13.8 Å². The lowest BCUT2D eigenvalue weighted by molar-refractivity contribution is 0.494. The van der Waals surface area contributed by atoms with Crippen LogP contribution in [0.4, 0.5) is 5.69 Å². The number of aromatic nitrogens is 1. The van der Waals surface area contributed by atoms with E-state index in [1.807, 2.05) is 13.1 Å². The molecule has 2 rings (SSSR count). The van der Waals surface area contributed by atoms with Crippen molar-refractivity contribution in [1.29, 1.82) is 0 Å². The van der Waals surface area contributed by atoms with Crippen LogP contribution in [0.25, 0.3) is 0 Å². The summed E-state index contributed by atoms with van der Waals surface area (Å²) in [5, 5.41) is 0. The average Bonchev–Trinajstić information content (AvgIpc) is 2.59. The third-order valence-electron chi connectivity index (χ3n) is 3.65. The van der Waals surface area contributed by atoms with Crippen LogP contribution in [0, 0.1) is 18.8 Å². The van der Waals surface area contributed by atoms with Gasteiger partial charge in [-0.05, 0) is 24.8 Å². The lowest BCUT2D eigenvalue weighted by Gasteiger charge is -2.21. The van der Waals surface area contributed by atoms with Gasteiger partial charge in [-0.25, -0.2) is 0 Å². The Labute approximate surface area is 97.7 Å². The normalized spacial score (nSPS) is 25.1. The van der Waals surface area contributed by atoms with Crippen LogP contribution in [0.15, 0.2) is 12.3 Å². The Hall–Kier alpha value is -1.09. The number of aryl methyl sites for hydroxylation is 1. The van der Waals surface area contributed by atoms with Gasteiger partial charge < -0.3 is 10.6 Å². The van der Waals surface area contributed by atoms with Crippen molar-refractivity contribution in [2.45, 2.75) is 27.3 Å². The van der Waals surface area contributed by atoms with Crippen molar-refractivity contribution < 1.29 is 0 Å². The number of nitrogens with zero attached hydrogens (tertiary/aromatic N) is 2. The Morgan fingerprint density at radius 2 is 2.00 bits per heavy atom. The van der Waals surface area contributed by atoms with Crippen molar-refractivity contribution >= 4 is 5.69 Å². The fourth-order valence-corrected chi connectivity index (χ4v) is 2.35. The SMILES string of the molecule is Cc1cc(N2CC(C)C(C)C2)c(CN)cn1. The minimum atomic E-state index is 0.571. The molecule has 2 unspecified atom stereocenters. The standard InChI is InChI=1S/C13H21N3/c1-9-7-16(8-10(9)2)13-4-11(3)15-6-12(13)5-14/h4,6,9-10H,5,7-8,14H2,1-3H3. The maximum absolute atomic E-state index is 5.77. The van der Waals surface area contributed by atoms with Crippen molar-refractivity contribution in [2.24, 2.45) is 17.6 Å². The fourth-order valence-electron chi connectivity index (χ4n) is 2.35. The topological polar surface area (TPSA) is 42.1 Å². The van der Waals surface area contributed by atoms with Crippen molar-refractivity contribution in [3.8, 4) is 0 Å². The summed E-state index contributed by atoms with van der Waals surface area (Å²) in [6.07, 6.45) is 1.92. The van der Waals surface area contributed by atoms with Crippen molar-refractivity contribution in [3.05, 3.63) is 23.5 Å². The zero-order chi connectivity index (χ0) is 11.7. The molecule has 1 aliphatic heterocycles. The van der Waals surface area contributed by atoms with Crippen LogP contribution in [0.3, 0.4) is 0 Å². The van der Waals surface area contributed by atoms with Crippen LogP contribution < -0.4 is 10.6 Å². The number of hydrogen-bond acceptors (Lipinski definition) is 3. The summed E-state index contributed by atoms with van der Waals surface area (Å²) in [5.74, 6) is 1.53. The van der Waals surface area contributed by atoms with Crippen molar-refractivity contribution in [2.75, 3.05) is 18.0 Å². The molecular formula is C13H21N3. The molecule has 1 aliphatic rings. The Balaban J connectivity index is 2.29.